The van der Waals surface area contributed by atoms with Crippen LogP contribution >= 0.6 is 0 Å². The number of Topliss-reactive ketones (excluding diaryl/α,β-unsaturated/α-hetero) is 1. The van der Waals surface area contributed by atoms with Gasteiger partial charge in [-0.3, -0.25) is 19.1 Å². The first-order valence-corrected chi connectivity index (χ1v) is 8.52. The topological polar surface area (TPSA) is 133 Å². The minimum Gasteiger partial charge on any atom is -0.482 e. The Labute approximate surface area is 161 Å². The lowest BCUT2D eigenvalue weighted by Crippen LogP contribution is -2.36. The van der Waals surface area contributed by atoms with Gasteiger partial charge >= 0.3 is 11.7 Å². The van der Waals surface area contributed by atoms with Gasteiger partial charge in [-0.25, -0.2) is 9.59 Å². The molecule has 1 aromatic heterocycles. The number of hydrogen-bond acceptors (Lipinski definition) is 7. The number of nitrogens with two attached hydrogens (primary N) is 1. The molecule has 0 bridgehead atoms. The first-order chi connectivity index (χ1) is 13.0. The Morgan fingerprint density at radius 2 is 1.79 bits per heavy atom. The predicted octanol–water partition coefficient (Wildman–Crippen LogP) is 0.758. The number of ketones is 1. The molecule has 0 saturated carbocycles. The second-order valence-electron chi connectivity index (χ2n) is 7.20. The highest BCUT2D eigenvalue weighted by Crippen LogP contribution is 2.30. The number of hydrogen-bond donors (Lipinski definition) is 2. The largest absolute Gasteiger partial charge is 0.482 e. The molecule has 2 rings (SSSR count). The summed E-state index contributed by atoms with van der Waals surface area (Å²) < 4.78 is 11.3. The van der Waals surface area contributed by atoms with E-state index in [4.69, 9.17) is 15.2 Å². The number of rotatable bonds is 6. The third-order valence-electron chi connectivity index (χ3n) is 4.05. The molecule has 0 aliphatic rings. The van der Waals surface area contributed by atoms with Crippen LogP contribution in [0.1, 0.15) is 36.7 Å². The summed E-state index contributed by atoms with van der Waals surface area (Å²) in [6, 6.07) is 7.30. The number of nitrogens with zero attached hydrogens (tertiary/aromatic N) is 1. The second-order valence-corrected chi connectivity index (χ2v) is 7.20. The first-order valence-electron chi connectivity index (χ1n) is 8.52. The van der Waals surface area contributed by atoms with Crippen molar-refractivity contribution in [3.05, 3.63) is 56.2 Å². The van der Waals surface area contributed by atoms with Crippen molar-refractivity contribution >= 4 is 17.6 Å². The van der Waals surface area contributed by atoms with E-state index in [0.29, 0.717) is 5.75 Å². The molecule has 0 fully saturated rings. The van der Waals surface area contributed by atoms with Crippen LogP contribution in [0.25, 0.3) is 0 Å². The molecule has 0 saturated heterocycles. The number of nitrogen functional groups attached to an aromatic ring is 1. The fourth-order valence-corrected chi connectivity index (χ4v) is 2.52. The van der Waals surface area contributed by atoms with E-state index >= 15 is 0 Å². The zero-order valence-electron chi connectivity index (χ0n) is 16.2. The molecule has 2 aromatic rings. The highest BCUT2D eigenvalue weighted by Gasteiger charge is 2.21. The van der Waals surface area contributed by atoms with Crippen molar-refractivity contribution in [3.63, 3.8) is 0 Å². The molecule has 0 atom stereocenters. The normalized spacial score (nSPS) is 11.1. The fraction of sp³-hybridized carbons (Fsp3) is 0.368. The summed E-state index contributed by atoms with van der Waals surface area (Å²) in [6.07, 6.45) is 0. The number of ether oxygens (including phenoxy) is 2. The summed E-state index contributed by atoms with van der Waals surface area (Å²) in [5.74, 6) is -1.36. The number of benzene rings is 1. The van der Waals surface area contributed by atoms with Gasteiger partial charge in [-0.05, 0) is 17.0 Å². The third-order valence-corrected chi connectivity index (χ3v) is 4.05. The number of carbonyl (C=O) groups is 2. The monoisotopic (exact) mass is 389 g/mol. The van der Waals surface area contributed by atoms with E-state index in [1.807, 2.05) is 37.9 Å². The van der Waals surface area contributed by atoms with Crippen LogP contribution < -0.4 is 21.7 Å². The van der Waals surface area contributed by atoms with Crippen molar-refractivity contribution in [1.29, 1.82) is 0 Å². The molecular weight excluding hydrogens is 366 g/mol. The minimum absolute atomic E-state index is 0.182. The van der Waals surface area contributed by atoms with Gasteiger partial charge in [0, 0.05) is 7.05 Å². The number of nitrogens with one attached hydrogen (secondary N) is 1. The van der Waals surface area contributed by atoms with E-state index in [0.717, 1.165) is 10.1 Å². The van der Waals surface area contributed by atoms with Crippen molar-refractivity contribution < 1.29 is 19.1 Å². The van der Waals surface area contributed by atoms with Crippen molar-refractivity contribution in [2.24, 2.45) is 7.05 Å². The Morgan fingerprint density at radius 3 is 2.43 bits per heavy atom. The van der Waals surface area contributed by atoms with Gasteiger partial charge in [0.25, 0.3) is 5.56 Å². The van der Waals surface area contributed by atoms with Crippen LogP contribution in [0.4, 0.5) is 5.82 Å². The maximum atomic E-state index is 12.2. The lowest BCUT2D eigenvalue weighted by molar-refractivity contribution is -0.144. The van der Waals surface area contributed by atoms with Crippen LogP contribution in [-0.4, -0.2) is 34.5 Å². The third kappa shape index (κ3) is 4.67. The molecule has 1 aromatic carbocycles. The smallest absolute Gasteiger partial charge is 0.344 e. The Bertz CT molecular complexity index is 1010. The Morgan fingerprint density at radius 1 is 1.14 bits per heavy atom. The van der Waals surface area contributed by atoms with Gasteiger partial charge in [0.15, 0.2) is 13.2 Å². The van der Waals surface area contributed by atoms with Gasteiger partial charge in [0.1, 0.15) is 17.1 Å². The van der Waals surface area contributed by atoms with E-state index < -0.39 is 41.8 Å². The molecule has 0 amide bonds. The van der Waals surface area contributed by atoms with E-state index in [1.54, 1.807) is 12.1 Å². The average molecular weight is 389 g/mol. The zero-order chi connectivity index (χ0) is 21.1. The molecule has 0 unspecified atom stereocenters. The lowest BCUT2D eigenvalue weighted by Gasteiger charge is -2.22. The Balaban J connectivity index is 2.01. The van der Waals surface area contributed by atoms with Crippen LogP contribution in [0, 0.1) is 0 Å². The van der Waals surface area contributed by atoms with Crippen LogP contribution in [0.15, 0.2) is 33.9 Å². The van der Waals surface area contributed by atoms with Gasteiger partial charge in [0.05, 0.1) is 0 Å². The van der Waals surface area contributed by atoms with Gasteiger partial charge in [-0.15, -0.1) is 0 Å². The minimum atomic E-state index is -0.933. The van der Waals surface area contributed by atoms with Crippen LogP contribution in [0.3, 0.4) is 0 Å². The molecule has 28 heavy (non-hydrogen) atoms. The summed E-state index contributed by atoms with van der Waals surface area (Å²) >= 11 is 0. The highest BCUT2D eigenvalue weighted by atomic mass is 16.6. The number of anilines is 1. The number of carbonyl (C=O) groups excluding carboxylic acids is 2. The summed E-state index contributed by atoms with van der Waals surface area (Å²) in [6.45, 7) is 4.94. The summed E-state index contributed by atoms with van der Waals surface area (Å²) in [7, 11) is 1.30. The molecule has 9 heteroatoms. The van der Waals surface area contributed by atoms with Crippen LogP contribution in [0.2, 0.25) is 0 Å². The van der Waals surface area contributed by atoms with Crippen molar-refractivity contribution in [1.82, 2.24) is 9.55 Å². The van der Waals surface area contributed by atoms with Gasteiger partial charge in [-0.1, -0.05) is 39.0 Å². The lowest BCUT2D eigenvalue weighted by atomic mass is 9.86. The van der Waals surface area contributed by atoms with Crippen molar-refractivity contribution in [3.8, 4) is 5.75 Å². The molecule has 0 aliphatic carbocycles. The molecule has 3 N–H and O–H groups in total. The predicted molar refractivity (Wildman–Crippen MR) is 103 cm³/mol. The summed E-state index contributed by atoms with van der Waals surface area (Å²) in [5, 5.41) is 0. The Kier molecular flexibility index (Phi) is 6.07. The van der Waals surface area contributed by atoms with E-state index in [1.165, 1.54) is 7.05 Å². The highest BCUT2D eigenvalue weighted by molar-refractivity contribution is 6.01. The number of esters is 1. The molecule has 0 spiro atoms. The average Bonchev–Trinajstić information content (AvgIpc) is 2.62. The SMILES string of the molecule is Cn1c(N)c(C(=O)COC(=O)COc2ccccc2C(C)(C)C)c(=O)[nH]c1=O. The maximum Gasteiger partial charge on any atom is 0.344 e. The number of aromatic amines is 1. The summed E-state index contributed by atoms with van der Waals surface area (Å²) in [4.78, 5) is 49.3. The molecule has 0 radical (unpaired) electrons. The van der Waals surface area contributed by atoms with E-state index in [9.17, 15) is 19.2 Å². The zero-order valence-corrected chi connectivity index (χ0v) is 16.2. The molecule has 0 aliphatic heterocycles. The Hall–Kier alpha value is -3.36. The van der Waals surface area contributed by atoms with Gasteiger partial charge < -0.3 is 15.2 Å². The number of aromatic nitrogens is 2. The van der Waals surface area contributed by atoms with E-state index in [-0.39, 0.29) is 11.2 Å². The maximum absolute atomic E-state index is 12.2. The van der Waals surface area contributed by atoms with Crippen molar-refractivity contribution in [2.45, 2.75) is 26.2 Å². The van der Waals surface area contributed by atoms with Crippen molar-refractivity contribution in [2.75, 3.05) is 18.9 Å². The van der Waals surface area contributed by atoms with Crippen LogP contribution in [-0.2, 0) is 22.0 Å². The quantitative estimate of drug-likeness (QED) is 0.550. The van der Waals surface area contributed by atoms with Crippen LogP contribution in [0.5, 0.6) is 5.75 Å². The molecule has 150 valence electrons. The first kappa shape index (κ1) is 20.9. The van der Waals surface area contributed by atoms with Gasteiger partial charge in [0.2, 0.25) is 5.78 Å². The standard InChI is InChI=1S/C19H23N3O6/c1-19(2,3)11-7-5-6-8-13(11)27-10-14(24)28-9-12(23)15-16(20)22(4)18(26)21-17(15)25/h5-8H,9-10,20H2,1-4H3,(H,21,25,26). The second kappa shape index (κ2) is 8.12. The number of H-pyrrole nitrogens is 1. The molecule has 1 heterocycles. The summed E-state index contributed by atoms with van der Waals surface area (Å²) in [5.41, 5.74) is 4.26. The number of para-hydroxylation sites is 1. The van der Waals surface area contributed by atoms with Gasteiger partial charge in [-0.2, -0.15) is 0 Å². The molecule has 9 nitrogen and oxygen atoms in total. The fourth-order valence-electron chi connectivity index (χ4n) is 2.52. The molecular formula is C19H23N3O6. The van der Waals surface area contributed by atoms with E-state index in [2.05, 4.69) is 0 Å².